The van der Waals surface area contributed by atoms with Crippen LogP contribution >= 0.6 is 13.2 Å². The molecule has 280 valence electrons. The molecule has 0 amide bonds. The summed E-state index contributed by atoms with van der Waals surface area (Å²) >= 11 is 6.88. The van der Waals surface area contributed by atoms with E-state index < -0.39 is 13.2 Å². The number of imidazole rings is 1. The van der Waals surface area contributed by atoms with Crippen molar-refractivity contribution in [1.29, 1.82) is 0 Å². The number of hydrogen-bond donors (Lipinski definition) is 0. The summed E-state index contributed by atoms with van der Waals surface area (Å²) in [5.74, 6) is 0. The highest BCUT2D eigenvalue weighted by molar-refractivity contribution is 8.25. The Kier molecular flexibility index (Phi) is 8.53. The highest BCUT2D eigenvalue weighted by atomic mass is 32.4. The molecular formula is C52H35N3OP2S. The molecule has 59 heavy (non-hydrogen) atoms. The zero-order valence-electron chi connectivity index (χ0n) is 31.8. The first kappa shape index (κ1) is 35.7. The molecule has 4 nitrogen and oxygen atoms in total. The van der Waals surface area contributed by atoms with Gasteiger partial charge in [0, 0.05) is 44.3 Å². The lowest BCUT2D eigenvalue weighted by Crippen LogP contribution is -2.25. The highest BCUT2D eigenvalue weighted by Crippen LogP contribution is 2.46. The van der Waals surface area contributed by atoms with Crippen LogP contribution < -0.4 is 31.8 Å². The van der Waals surface area contributed by atoms with Crippen LogP contribution in [0.1, 0.15) is 0 Å². The molecule has 0 saturated heterocycles. The molecule has 3 heterocycles. The Hall–Kier alpha value is -6.48. The van der Waals surface area contributed by atoms with Gasteiger partial charge in [0.2, 0.25) is 0 Å². The van der Waals surface area contributed by atoms with Crippen LogP contribution in [-0.4, -0.2) is 14.4 Å². The fourth-order valence-electron chi connectivity index (χ4n) is 8.65. The Labute approximate surface area is 346 Å². The molecule has 0 radical (unpaired) electrons. The van der Waals surface area contributed by atoms with E-state index in [1.165, 1.54) is 0 Å². The second-order valence-corrected chi connectivity index (χ2v) is 22.1. The maximum atomic E-state index is 15.7. The second-order valence-electron chi connectivity index (χ2n) is 14.9. The van der Waals surface area contributed by atoms with Crippen LogP contribution in [0.4, 0.5) is 0 Å². The summed E-state index contributed by atoms with van der Waals surface area (Å²) in [6, 6.07) is 68.4. The number of aromatic nitrogens is 3. The van der Waals surface area contributed by atoms with Crippen molar-refractivity contribution >= 4 is 106 Å². The zero-order chi connectivity index (χ0) is 39.6. The molecule has 11 rings (SSSR count). The Bertz CT molecular complexity index is 3410. The minimum Gasteiger partial charge on any atom is -0.309 e. The van der Waals surface area contributed by atoms with E-state index in [2.05, 4.69) is 137 Å². The average Bonchev–Trinajstić information content (AvgIpc) is 3.71. The Morgan fingerprint density at radius 3 is 1.66 bits per heavy atom. The van der Waals surface area contributed by atoms with Crippen molar-refractivity contribution in [2.24, 2.45) is 0 Å². The van der Waals surface area contributed by atoms with Gasteiger partial charge in [0.05, 0.1) is 22.1 Å². The van der Waals surface area contributed by atoms with Gasteiger partial charge in [-0.3, -0.25) is 9.38 Å². The molecule has 0 bridgehead atoms. The quantitative estimate of drug-likeness (QED) is 0.119. The molecular weight excluding hydrogens is 777 g/mol. The number of benzene rings is 8. The van der Waals surface area contributed by atoms with Gasteiger partial charge in [-0.2, -0.15) is 0 Å². The SMILES string of the molecule is O=P(c1ccccc1)(c1ccccc1)c1ccc2c3ccc(P(=S)(c4ccccc4)c4ccccc4)cc3n3c4cc(-c5ccc6cccnc6c5)ccc4nc3c2c1. The molecule has 0 spiro atoms. The van der Waals surface area contributed by atoms with Crippen LogP contribution in [-0.2, 0) is 16.4 Å². The van der Waals surface area contributed by atoms with Crippen molar-refractivity contribution in [1.82, 2.24) is 14.4 Å². The third-order valence-corrected chi connectivity index (χ3v) is 19.6. The third-order valence-electron chi connectivity index (χ3n) is 11.6. The number of pyridine rings is 2. The minimum atomic E-state index is -3.27. The fraction of sp³-hybridized carbons (Fsp3) is 0. The van der Waals surface area contributed by atoms with Crippen molar-refractivity contribution < 1.29 is 4.57 Å². The van der Waals surface area contributed by atoms with Gasteiger partial charge < -0.3 is 4.57 Å². The second kappa shape index (κ2) is 14.1. The normalized spacial score (nSPS) is 12.2. The maximum Gasteiger partial charge on any atom is 0.171 e. The van der Waals surface area contributed by atoms with Gasteiger partial charge in [0.1, 0.15) is 5.65 Å². The molecule has 0 unspecified atom stereocenters. The maximum absolute atomic E-state index is 15.7. The van der Waals surface area contributed by atoms with Gasteiger partial charge >= 0.3 is 0 Å². The Morgan fingerprint density at radius 1 is 0.424 bits per heavy atom. The summed E-state index contributed by atoms with van der Waals surface area (Å²) in [4.78, 5) is 10.1. The van der Waals surface area contributed by atoms with Crippen molar-refractivity contribution in [3.8, 4) is 11.1 Å². The summed E-state index contributed by atoms with van der Waals surface area (Å²) in [5.41, 5.74) is 6.78. The number of nitrogens with zero attached hydrogens (tertiary/aromatic N) is 3. The van der Waals surface area contributed by atoms with E-state index in [9.17, 15) is 0 Å². The smallest absolute Gasteiger partial charge is 0.171 e. The van der Waals surface area contributed by atoms with Crippen LogP contribution in [0.5, 0.6) is 0 Å². The largest absolute Gasteiger partial charge is 0.309 e. The molecule has 0 atom stereocenters. The first-order valence-corrected chi connectivity index (χ1v) is 24.1. The topological polar surface area (TPSA) is 47.3 Å². The Balaban J connectivity index is 1.23. The average molecular weight is 812 g/mol. The van der Waals surface area contributed by atoms with E-state index in [0.717, 1.165) is 92.2 Å². The standard InChI is InChI=1S/C52H35N3OP2S/c56-57(39-15-5-1-6-16-39,40-17-7-2-8-18-40)43-26-28-45-46-29-27-44(58(59,41-19-9-3-10-20-41)42-21-11-4-12-22-42)35-50(46)55-51-33-38(25-30-48(51)54-52(55)47(45)34-43)37-24-23-36-14-13-31-53-49(36)32-37/h1-35H. The lowest BCUT2D eigenvalue weighted by atomic mass is 10.0. The summed E-state index contributed by atoms with van der Waals surface area (Å²) in [6.07, 6.45) is 1.84. The molecule has 0 N–H and O–H groups in total. The van der Waals surface area contributed by atoms with Crippen molar-refractivity contribution in [2.45, 2.75) is 0 Å². The molecule has 8 aromatic carbocycles. The van der Waals surface area contributed by atoms with E-state index in [1.54, 1.807) is 0 Å². The van der Waals surface area contributed by atoms with E-state index in [1.807, 2.05) is 85.1 Å². The van der Waals surface area contributed by atoms with E-state index in [0.29, 0.717) is 0 Å². The lowest BCUT2D eigenvalue weighted by molar-refractivity contribution is 0.592. The third kappa shape index (κ3) is 5.73. The number of fused-ring (bicyclic) bond motifs is 9. The Morgan fingerprint density at radius 2 is 1.00 bits per heavy atom. The molecule has 3 aromatic heterocycles. The van der Waals surface area contributed by atoms with Gasteiger partial charge in [0.25, 0.3) is 0 Å². The van der Waals surface area contributed by atoms with Crippen molar-refractivity contribution in [2.75, 3.05) is 0 Å². The van der Waals surface area contributed by atoms with Crippen LogP contribution in [0, 0.1) is 0 Å². The van der Waals surface area contributed by atoms with Gasteiger partial charge in [-0.15, -0.1) is 0 Å². The number of rotatable bonds is 7. The summed E-state index contributed by atoms with van der Waals surface area (Å²) in [7, 11) is -3.27. The van der Waals surface area contributed by atoms with Crippen LogP contribution in [0.25, 0.3) is 60.4 Å². The molecule has 7 heteroatoms. The predicted molar refractivity (Wildman–Crippen MR) is 254 cm³/mol. The summed E-state index contributed by atoms with van der Waals surface area (Å²) in [6.45, 7) is 0. The molecule has 0 aliphatic rings. The monoisotopic (exact) mass is 811 g/mol. The number of hydrogen-bond acceptors (Lipinski definition) is 4. The molecule has 0 saturated carbocycles. The van der Waals surface area contributed by atoms with Gasteiger partial charge in [-0.25, -0.2) is 4.98 Å². The van der Waals surface area contributed by atoms with E-state index >= 15 is 4.57 Å². The predicted octanol–water partition coefficient (Wildman–Crippen LogP) is 10.4. The van der Waals surface area contributed by atoms with E-state index in [4.69, 9.17) is 16.8 Å². The molecule has 0 aliphatic carbocycles. The van der Waals surface area contributed by atoms with Gasteiger partial charge in [-0.1, -0.05) is 182 Å². The fourth-order valence-corrected chi connectivity index (χ4v) is 15.1. The van der Waals surface area contributed by atoms with Crippen LogP contribution in [0.15, 0.2) is 212 Å². The minimum absolute atomic E-state index is 0.764. The van der Waals surface area contributed by atoms with Gasteiger partial charge in [-0.05, 0) is 68.8 Å². The highest BCUT2D eigenvalue weighted by Gasteiger charge is 2.31. The van der Waals surface area contributed by atoms with Crippen LogP contribution in [0.2, 0.25) is 0 Å². The first-order chi connectivity index (χ1) is 29.0. The van der Waals surface area contributed by atoms with Crippen molar-refractivity contribution in [3.63, 3.8) is 0 Å². The molecule has 0 aliphatic heterocycles. The zero-order valence-corrected chi connectivity index (χ0v) is 34.4. The van der Waals surface area contributed by atoms with Crippen LogP contribution in [0.3, 0.4) is 0 Å². The van der Waals surface area contributed by atoms with Crippen molar-refractivity contribution in [3.05, 3.63) is 212 Å². The summed E-state index contributed by atoms with van der Waals surface area (Å²) in [5, 5.41) is 9.89. The van der Waals surface area contributed by atoms with E-state index in [-0.39, 0.29) is 0 Å². The molecule has 11 aromatic rings. The first-order valence-electron chi connectivity index (χ1n) is 19.6. The molecule has 0 fully saturated rings. The lowest BCUT2D eigenvalue weighted by Gasteiger charge is -2.25. The van der Waals surface area contributed by atoms with Gasteiger partial charge in [0.15, 0.2) is 7.14 Å². The summed E-state index contributed by atoms with van der Waals surface area (Å²) < 4.78 is 18.0.